The van der Waals surface area contributed by atoms with Gasteiger partial charge in [0, 0.05) is 6.20 Å². The summed E-state index contributed by atoms with van der Waals surface area (Å²) in [4.78, 5) is 17.1. The van der Waals surface area contributed by atoms with Crippen LogP contribution in [0, 0.1) is 0 Å². The van der Waals surface area contributed by atoms with Crippen molar-refractivity contribution >= 4 is 23.3 Å². The van der Waals surface area contributed by atoms with Crippen LogP contribution in [0.4, 0.5) is 23.7 Å². The summed E-state index contributed by atoms with van der Waals surface area (Å²) < 4.78 is 44.0. The molecule has 0 saturated carbocycles. The average Bonchev–Trinajstić information content (AvgIpc) is 2.52. The van der Waals surface area contributed by atoms with E-state index >= 15 is 0 Å². The molecule has 25 heavy (non-hydrogen) atoms. The molecule has 0 spiro atoms. The van der Waals surface area contributed by atoms with Gasteiger partial charge in [-0.05, 0) is 24.3 Å². The first-order valence-electron chi connectivity index (χ1n) is 7.34. The minimum Gasteiger partial charge on any atom is -0.470 e. The number of benzene rings is 1. The zero-order valence-corrected chi connectivity index (χ0v) is 13.5. The molecular weight excluding hydrogens is 359 g/mol. The third-order valence-electron chi connectivity index (χ3n) is 3.61. The van der Waals surface area contributed by atoms with Gasteiger partial charge in [0.2, 0.25) is 5.88 Å². The number of para-hydroxylation sites is 1. The Balaban J connectivity index is 1.57. The highest BCUT2D eigenvalue weighted by molar-refractivity contribution is 6.33. The van der Waals surface area contributed by atoms with Crippen molar-refractivity contribution in [2.24, 2.45) is 0 Å². The second-order valence-electron chi connectivity index (χ2n) is 5.41. The maximum atomic E-state index is 12.9. The number of hydrogen-bond donors (Lipinski definition) is 1. The largest absolute Gasteiger partial charge is 0.470 e. The van der Waals surface area contributed by atoms with Crippen molar-refractivity contribution in [1.82, 2.24) is 9.88 Å². The molecule has 0 atom stereocenters. The predicted molar refractivity (Wildman–Crippen MR) is 85.7 cm³/mol. The molecule has 0 bridgehead atoms. The minimum atomic E-state index is -4.55. The van der Waals surface area contributed by atoms with Crippen LogP contribution in [0.5, 0.6) is 5.88 Å². The smallest absolute Gasteiger partial charge is 0.421 e. The molecule has 3 rings (SSSR count). The molecule has 1 aliphatic heterocycles. The average molecular weight is 372 g/mol. The van der Waals surface area contributed by atoms with Crippen molar-refractivity contribution in [3.05, 3.63) is 53.2 Å². The van der Waals surface area contributed by atoms with Gasteiger partial charge in [0.05, 0.1) is 23.8 Å². The summed E-state index contributed by atoms with van der Waals surface area (Å²) in [5.74, 6) is -0.480. The van der Waals surface area contributed by atoms with Crippen LogP contribution in [0.1, 0.15) is 5.56 Å². The summed E-state index contributed by atoms with van der Waals surface area (Å²) >= 11 is 5.96. The Labute approximate surface area is 146 Å². The Hall–Kier alpha value is -2.48. The lowest BCUT2D eigenvalue weighted by Gasteiger charge is -2.38. The highest BCUT2D eigenvalue weighted by Gasteiger charge is 2.38. The fourth-order valence-electron chi connectivity index (χ4n) is 2.29. The third-order valence-corrected chi connectivity index (χ3v) is 3.94. The van der Waals surface area contributed by atoms with Crippen molar-refractivity contribution in [3.8, 4) is 5.88 Å². The molecule has 1 N–H and O–H groups in total. The molecule has 1 aliphatic rings. The van der Waals surface area contributed by atoms with Gasteiger partial charge >= 0.3 is 12.2 Å². The summed E-state index contributed by atoms with van der Waals surface area (Å²) in [6, 6.07) is 8.45. The SMILES string of the molecule is O=C(Nc1ccccc1Cl)N1CC(Oc2ncccc2C(F)(F)F)C1. The zero-order valence-electron chi connectivity index (χ0n) is 12.8. The second kappa shape index (κ2) is 6.79. The normalized spacial score (nSPS) is 14.8. The lowest BCUT2D eigenvalue weighted by Crippen LogP contribution is -2.57. The fraction of sp³-hybridized carbons (Fsp3) is 0.250. The molecule has 132 valence electrons. The van der Waals surface area contributed by atoms with Gasteiger partial charge in [0.15, 0.2) is 0 Å². The highest BCUT2D eigenvalue weighted by Crippen LogP contribution is 2.35. The molecule has 5 nitrogen and oxygen atoms in total. The maximum Gasteiger partial charge on any atom is 0.421 e. The number of aromatic nitrogens is 1. The van der Waals surface area contributed by atoms with E-state index < -0.39 is 29.8 Å². The molecule has 0 radical (unpaired) electrons. The van der Waals surface area contributed by atoms with E-state index in [1.807, 2.05) is 0 Å². The van der Waals surface area contributed by atoms with Crippen LogP contribution in [0.15, 0.2) is 42.6 Å². The van der Waals surface area contributed by atoms with Crippen LogP contribution < -0.4 is 10.1 Å². The molecule has 2 aromatic rings. The molecule has 1 aromatic carbocycles. The van der Waals surface area contributed by atoms with Crippen molar-refractivity contribution in [1.29, 1.82) is 0 Å². The maximum absolute atomic E-state index is 12.9. The number of carbonyl (C=O) groups excluding carboxylic acids is 1. The van der Waals surface area contributed by atoms with E-state index in [9.17, 15) is 18.0 Å². The highest BCUT2D eigenvalue weighted by atomic mass is 35.5. The minimum absolute atomic E-state index is 0.157. The number of nitrogens with one attached hydrogen (secondary N) is 1. The summed E-state index contributed by atoms with van der Waals surface area (Å²) in [6.45, 7) is 0.314. The lowest BCUT2D eigenvalue weighted by atomic mass is 10.2. The van der Waals surface area contributed by atoms with Crippen LogP contribution in [-0.4, -0.2) is 35.1 Å². The Morgan fingerprint density at radius 1 is 1.24 bits per heavy atom. The number of carbonyl (C=O) groups is 1. The molecule has 2 amide bonds. The van der Waals surface area contributed by atoms with Crippen LogP contribution in [0.3, 0.4) is 0 Å². The van der Waals surface area contributed by atoms with Gasteiger partial charge in [-0.3, -0.25) is 0 Å². The molecule has 0 aliphatic carbocycles. The Kier molecular flexibility index (Phi) is 4.71. The molecule has 1 saturated heterocycles. The monoisotopic (exact) mass is 371 g/mol. The van der Waals surface area contributed by atoms with Gasteiger partial charge in [0.1, 0.15) is 11.7 Å². The summed E-state index contributed by atoms with van der Waals surface area (Å²) in [6.07, 6.45) is -3.87. The summed E-state index contributed by atoms with van der Waals surface area (Å²) in [7, 11) is 0. The van der Waals surface area contributed by atoms with E-state index in [0.717, 1.165) is 6.07 Å². The topological polar surface area (TPSA) is 54.5 Å². The van der Waals surface area contributed by atoms with Crippen LogP contribution >= 0.6 is 11.6 Å². The number of rotatable bonds is 3. The summed E-state index contributed by atoms with van der Waals surface area (Å²) in [5, 5.41) is 3.03. The van der Waals surface area contributed by atoms with E-state index in [2.05, 4.69) is 10.3 Å². The number of amides is 2. The standard InChI is InChI=1S/C16H13ClF3N3O2/c17-12-5-1-2-6-13(12)22-15(24)23-8-10(9-23)25-14-11(16(18,19)20)4-3-7-21-14/h1-7,10H,8-9H2,(H,22,24). The van der Waals surface area contributed by atoms with Gasteiger partial charge in [-0.1, -0.05) is 23.7 Å². The van der Waals surface area contributed by atoms with Gasteiger partial charge < -0.3 is 15.0 Å². The van der Waals surface area contributed by atoms with Crippen LogP contribution in [0.25, 0.3) is 0 Å². The van der Waals surface area contributed by atoms with Crippen LogP contribution in [-0.2, 0) is 6.18 Å². The van der Waals surface area contributed by atoms with Gasteiger partial charge in [-0.2, -0.15) is 13.2 Å². The van der Waals surface area contributed by atoms with Crippen molar-refractivity contribution in [2.75, 3.05) is 18.4 Å². The molecule has 1 aromatic heterocycles. The van der Waals surface area contributed by atoms with E-state index in [1.165, 1.54) is 17.2 Å². The molecule has 0 unspecified atom stereocenters. The van der Waals surface area contributed by atoms with E-state index in [0.29, 0.717) is 10.7 Å². The lowest BCUT2D eigenvalue weighted by molar-refractivity contribution is -0.140. The first kappa shape index (κ1) is 17.3. The Morgan fingerprint density at radius 3 is 2.64 bits per heavy atom. The molecular formula is C16H13ClF3N3O2. The molecule has 9 heteroatoms. The second-order valence-corrected chi connectivity index (χ2v) is 5.82. The van der Waals surface area contributed by atoms with Crippen molar-refractivity contribution in [2.45, 2.75) is 12.3 Å². The van der Waals surface area contributed by atoms with Gasteiger partial charge in [0.25, 0.3) is 0 Å². The fourth-order valence-corrected chi connectivity index (χ4v) is 2.48. The Bertz CT molecular complexity index is 779. The Morgan fingerprint density at radius 2 is 1.96 bits per heavy atom. The number of ether oxygens (including phenoxy) is 1. The number of pyridine rings is 1. The number of nitrogens with zero attached hydrogens (tertiary/aromatic N) is 2. The van der Waals surface area contributed by atoms with E-state index in [4.69, 9.17) is 16.3 Å². The molecule has 2 heterocycles. The first-order valence-corrected chi connectivity index (χ1v) is 7.71. The van der Waals surface area contributed by atoms with E-state index in [-0.39, 0.29) is 13.1 Å². The number of hydrogen-bond acceptors (Lipinski definition) is 3. The molecule has 1 fully saturated rings. The number of alkyl halides is 3. The predicted octanol–water partition coefficient (Wildman–Crippen LogP) is 4.05. The van der Waals surface area contributed by atoms with Gasteiger partial charge in [-0.15, -0.1) is 0 Å². The zero-order chi connectivity index (χ0) is 18.0. The van der Waals surface area contributed by atoms with Gasteiger partial charge in [-0.25, -0.2) is 9.78 Å². The number of halogens is 4. The van der Waals surface area contributed by atoms with E-state index in [1.54, 1.807) is 24.3 Å². The summed E-state index contributed by atoms with van der Waals surface area (Å²) in [5.41, 5.74) is -0.475. The van der Waals surface area contributed by atoms with Crippen molar-refractivity contribution in [3.63, 3.8) is 0 Å². The number of anilines is 1. The third kappa shape index (κ3) is 3.96. The number of likely N-dealkylation sites (tertiary alicyclic amines) is 1. The number of urea groups is 1. The quantitative estimate of drug-likeness (QED) is 0.885. The van der Waals surface area contributed by atoms with Crippen LogP contribution in [0.2, 0.25) is 5.02 Å². The first-order chi connectivity index (χ1) is 11.8. The van der Waals surface area contributed by atoms with Crippen molar-refractivity contribution < 1.29 is 22.7 Å².